The summed E-state index contributed by atoms with van der Waals surface area (Å²) in [5, 5.41) is 9.74. The average molecular weight is 276 g/mol. The summed E-state index contributed by atoms with van der Waals surface area (Å²) in [6.45, 7) is 6.98. The predicted octanol–water partition coefficient (Wildman–Crippen LogP) is 2.68. The molecule has 0 aliphatic heterocycles. The smallest absolute Gasteiger partial charge is 0.186 e. The van der Waals surface area contributed by atoms with Gasteiger partial charge in [-0.25, -0.2) is 0 Å². The Labute approximate surface area is 111 Å². The molecule has 0 amide bonds. The van der Waals surface area contributed by atoms with Crippen molar-refractivity contribution in [2.24, 2.45) is 0 Å². The first-order valence-corrected chi connectivity index (χ1v) is 6.74. The quantitative estimate of drug-likeness (QED) is 0.812. The minimum atomic E-state index is -0.788. The molecule has 0 aliphatic carbocycles. The molecular weight excluding hydrogens is 258 g/mol. The highest BCUT2D eigenvalue weighted by Crippen LogP contribution is 2.22. The van der Waals surface area contributed by atoms with Crippen LogP contribution in [0.3, 0.4) is 0 Å². The van der Waals surface area contributed by atoms with Gasteiger partial charge in [-0.3, -0.25) is 9.69 Å². The van der Waals surface area contributed by atoms with Crippen molar-refractivity contribution in [2.45, 2.75) is 26.4 Å². The number of rotatable bonds is 6. The lowest BCUT2D eigenvalue weighted by Gasteiger charge is -2.27. The molecular formula is C12H18ClNO2S. The van der Waals surface area contributed by atoms with E-state index in [0.717, 1.165) is 6.54 Å². The second-order valence-corrected chi connectivity index (χ2v) is 6.36. The largest absolute Gasteiger partial charge is 0.389 e. The number of likely N-dealkylation sites (N-methyl/N-ethyl adjacent to an activating group) is 1. The summed E-state index contributed by atoms with van der Waals surface area (Å²) >= 11 is 7.09. The fourth-order valence-corrected chi connectivity index (χ4v) is 2.54. The molecule has 0 radical (unpaired) electrons. The van der Waals surface area contributed by atoms with Crippen LogP contribution in [0.4, 0.5) is 0 Å². The van der Waals surface area contributed by atoms with E-state index in [1.165, 1.54) is 11.3 Å². The summed E-state index contributed by atoms with van der Waals surface area (Å²) in [5.74, 6) is 0.0491. The van der Waals surface area contributed by atoms with Crippen molar-refractivity contribution < 1.29 is 9.90 Å². The van der Waals surface area contributed by atoms with Crippen molar-refractivity contribution in [1.29, 1.82) is 0 Å². The van der Waals surface area contributed by atoms with E-state index in [0.29, 0.717) is 22.3 Å². The lowest BCUT2D eigenvalue weighted by atomic mass is 10.1. The van der Waals surface area contributed by atoms with Crippen LogP contribution in [0.15, 0.2) is 12.1 Å². The lowest BCUT2D eigenvalue weighted by molar-refractivity contribution is 0.0376. The molecule has 0 fully saturated rings. The van der Waals surface area contributed by atoms with Gasteiger partial charge in [0.1, 0.15) is 0 Å². The van der Waals surface area contributed by atoms with Gasteiger partial charge in [-0.1, -0.05) is 18.5 Å². The van der Waals surface area contributed by atoms with Crippen LogP contribution in [0.5, 0.6) is 0 Å². The summed E-state index contributed by atoms with van der Waals surface area (Å²) in [6.07, 6.45) is 0. The molecule has 1 heterocycles. The van der Waals surface area contributed by atoms with Crippen molar-refractivity contribution in [3.63, 3.8) is 0 Å². The molecule has 0 atom stereocenters. The molecule has 3 nitrogen and oxygen atoms in total. The maximum Gasteiger partial charge on any atom is 0.186 e. The van der Waals surface area contributed by atoms with E-state index in [1.807, 2.05) is 11.8 Å². The van der Waals surface area contributed by atoms with Crippen molar-refractivity contribution in [2.75, 3.05) is 19.6 Å². The summed E-state index contributed by atoms with van der Waals surface area (Å²) in [4.78, 5) is 14.5. The normalized spacial score (nSPS) is 12.1. The van der Waals surface area contributed by atoms with E-state index in [2.05, 4.69) is 0 Å². The fraction of sp³-hybridized carbons (Fsp3) is 0.583. The predicted molar refractivity (Wildman–Crippen MR) is 72.1 cm³/mol. The highest BCUT2D eigenvalue weighted by atomic mass is 35.5. The Morgan fingerprint density at radius 3 is 2.59 bits per heavy atom. The molecule has 1 N–H and O–H groups in total. The van der Waals surface area contributed by atoms with Crippen LogP contribution in [0, 0.1) is 0 Å². The monoisotopic (exact) mass is 275 g/mol. The first-order chi connectivity index (χ1) is 7.81. The number of Topliss-reactive ketones (excluding diaryl/α,β-unsaturated/α-hetero) is 1. The van der Waals surface area contributed by atoms with Crippen LogP contribution in [0.1, 0.15) is 30.4 Å². The third kappa shape index (κ3) is 5.17. The Balaban J connectivity index is 2.60. The minimum Gasteiger partial charge on any atom is -0.389 e. The van der Waals surface area contributed by atoms with Crippen molar-refractivity contribution in [1.82, 2.24) is 4.90 Å². The summed E-state index contributed by atoms with van der Waals surface area (Å²) in [6, 6.07) is 3.47. The molecule has 0 saturated heterocycles. The molecule has 0 aromatic carbocycles. The number of ketones is 1. The number of hydrogen-bond acceptors (Lipinski definition) is 4. The van der Waals surface area contributed by atoms with Gasteiger partial charge in [-0.15, -0.1) is 11.3 Å². The zero-order valence-corrected chi connectivity index (χ0v) is 11.9. The number of nitrogens with zero attached hydrogens (tertiary/aromatic N) is 1. The highest BCUT2D eigenvalue weighted by molar-refractivity contribution is 7.18. The van der Waals surface area contributed by atoms with Crippen LogP contribution < -0.4 is 0 Å². The molecule has 0 unspecified atom stereocenters. The van der Waals surface area contributed by atoms with Gasteiger partial charge >= 0.3 is 0 Å². The lowest BCUT2D eigenvalue weighted by Crippen LogP contribution is -2.41. The molecule has 0 aliphatic rings. The van der Waals surface area contributed by atoms with Crippen LogP contribution in [-0.2, 0) is 0 Å². The van der Waals surface area contributed by atoms with Gasteiger partial charge in [0.15, 0.2) is 5.78 Å². The second kappa shape index (κ2) is 5.96. The van der Waals surface area contributed by atoms with Gasteiger partial charge in [0.2, 0.25) is 0 Å². The Kier molecular flexibility index (Phi) is 5.13. The van der Waals surface area contributed by atoms with Crippen LogP contribution in [0.2, 0.25) is 4.34 Å². The van der Waals surface area contributed by atoms with E-state index in [4.69, 9.17) is 11.6 Å². The third-order valence-corrected chi connectivity index (χ3v) is 3.55. The molecule has 1 rings (SSSR count). The Morgan fingerprint density at radius 2 is 2.18 bits per heavy atom. The maximum atomic E-state index is 11.9. The van der Waals surface area contributed by atoms with E-state index >= 15 is 0 Å². The SMILES string of the molecule is CCN(CC(=O)c1ccc(Cl)s1)CC(C)(C)O. The van der Waals surface area contributed by atoms with Gasteiger partial charge in [0.05, 0.1) is 21.4 Å². The fourth-order valence-electron chi connectivity index (χ4n) is 1.57. The Morgan fingerprint density at radius 1 is 1.53 bits per heavy atom. The van der Waals surface area contributed by atoms with E-state index in [1.54, 1.807) is 26.0 Å². The number of thiophene rings is 1. The number of halogens is 1. The van der Waals surface area contributed by atoms with Crippen molar-refractivity contribution in [3.05, 3.63) is 21.3 Å². The van der Waals surface area contributed by atoms with E-state index in [9.17, 15) is 9.90 Å². The van der Waals surface area contributed by atoms with E-state index in [-0.39, 0.29) is 5.78 Å². The molecule has 96 valence electrons. The average Bonchev–Trinajstić information content (AvgIpc) is 2.61. The van der Waals surface area contributed by atoms with Crippen LogP contribution >= 0.6 is 22.9 Å². The number of carbonyl (C=O) groups excluding carboxylic acids is 1. The summed E-state index contributed by atoms with van der Waals surface area (Å²) in [7, 11) is 0. The standard InChI is InChI=1S/C12H18ClNO2S/c1-4-14(8-12(2,3)16)7-9(15)10-5-6-11(13)17-10/h5-6,16H,4,7-8H2,1-3H3. The van der Waals surface area contributed by atoms with Gasteiger partial charge in [0.25, 0.3) is 0 Å². The number of hydrogen-bond donors (Lipinski definition) is 1. The van der Waals surface area contributed by atoms with Gasteiger partial charge in [-0.2, -0.15) is 0 Å². The summed E-state index contributed by atoms with van der Waals surface area (Å²) < 4.78 is 0.624. The highest BCUT2D eigenvalue weighted by Gasteiger charge is 2.20. The minimum absolute atomic E-state index is 0.0491. The van der Waals surface area contributed by atoms with E-state index < -0.39 is 5.60 Å². The van der Waals surface area contributed by atoms with Gasteiger partial charge in [0, 0.05) is 6.54 Å². The zero-order chi connectivity index (χ0) is 13.1. The molecule has 1 aromatic rings. The van der Waals surface area contributed by atoms with Gasteiger partial charge < -0.3 is 5.11 Å². The topological polar surface area (TPSA) is 40.5 Å². The van der Waals surface area contributed by atoms with Crippen molar-refractivity contribution >= 4 is 28.7 Å². The van der Waals surface area contributed by atoms with Crippen LogP contribution in [0.25, 0.3) is 0 Å². The number of carbonyl (C=O) groups is 1. The number of aliphatic hydroxyl groups is 1. The van der Waals surface area contributed by atoms with Crippen molar-refractivity contribution in [3.8, 4) is 0 Å². The first kappa shape index (κ1) is 14.6. The van der Waals surface area contributed by atoms with Gasteiger partial charge in [-0.05, 0) is 32.5 Å². The molecule has 0 bridgehead atoms. The zero-order valence-electron chi connectivity index (χ0n) is 10.4. The first-order valence-electron chi connectivity index (χ1n) is 5.55. The Hall–Kier alpha value is -0.420. The Bertz CT molecular complexity index is 384. The molecule has 17 heavy (non-hydrogen) atoms. The molecule has 1 aromatic heterocycles. The second-order valence-electron chi connectivity index (χ2n) is 4.64. The van der Waals surface area contributed by atoms with Crippen LogP contribution in [-0.4, -0.2) is 41.0 Å². The third-order valence-electron chi connectivity index (χ3n) is 2.27. The maximum absolute atomic E-state index is 11.9. The molecule has 5 heteroatoms. The molecule has 0 spiro atoms. The summed E-state index contributed by atoms with van der Waals surface area (Å²) in [5.41, 5.74) is -0.788. The molecule has 0 saturated carbocycles.